The molecule has 0 radical (unpaired) electrons. The summed E-state index contributed by atoms with van der Waals surface area (Å²) in [6, 6.07) is 0. The minimum absolute atomic E-state index is 0.125. The van der Waals surface area contributed by atoms with Gasteiger partial charge in [-0.05, 0) is 52.1 Å². The third kappa shape index (κ3) is 3.78. The molecule has 0 aromatic carbocycles. The fraction of sp³-hybridized carbons (Fsp3) is 0.692. The zero-order chi connectivity index (χ0) is 13.0. The van der Waals surface area contributed by atoms with Gasteiger partial charge >= 0.3 is 0 Å². The second kappa shape index (κ2) is 6.29. The Morgan fingerprint density at radius 2 is 2.17 bits per heavy atom. The van der Waals surface area contributed by atoms with Gasteiger partial charge in [0, 0.05) is 6.42 Å². The maximum absolute atomic E-state index is 11.9. The van der Waals surface area contributed by atoms with Gasteiger partial charge in [0.25, 0.3) is 0 Å². The summed E-state index contributed by atoms with van der Waals surface area (Å²) in [5.41, 5.74) is 0.924. The lowest BCUT2D eigenvalue weighted by Crippen LogP contribution is -2.28. The van der Waals surface area contributed by atoms with Crippen molar-refractivity contribution in [2.24, 2.45) is 5.92 Å². The van der Waals surface area contributed by atoms with Gasteiger partial charge in [-0.25, -0.2) is 4.98 Å². The van der Waals surface area contributed by atoms with Gasteiger partial charge in [-0.2, -0.15) is 0 Å². The molecule has 1 amide bonds. The molecule has 1 aliphatic heterocycles. The molecule has 1 aromatic rings. The van der Waals surface area contributed by atoms with Crippen molar-refractivity contribution in [1.82, 2.24) is 10.3 Å². The highest BCUT2D eigenvalue weighted by atomic mass is 32.1. The Balaban J connectivity index is 1.76. The van der Waals surface area contributed by atoms with Crippen LogP contribution >= 0.6 is 11.3 Å². The van der Waals surface area contributed by atoms with E-state index in [0.29, 0.717) is 12.3 Å². The minimum Gasteiger partial charge on any atom is -0.317 e. The maximum atomic E-state index is 11.9. The number of carbonyl (C=O) groups is 1. The second-order valence-electron chi connectivity index (χ2n) is 4.93. The molecule has 4 nitrogen and oxygen atoms in total. The summed E-state index contributed by atoms with van der Waals surface area (Å²) in [6.07, 6.45) is 4.03. The van der Waals surface area contributed by atoms with Crippen LogP contribution in [-0.2, 0) is 4.79 Å². The third-order valence-corrected chi connectivity index (χ3v) is 4.38. The molecule has 2 rings (SSSR count). The minimum atomic E-state index is 0.125. The van der Waals surface area contributed by atoms with Gasteiger partial charge in [-0.15, -0.1) is 11.3 Å². The quantitative estimate of drug-likeness (QED) is 0.881. The molecule has 2 N–H and O–H groups in total. The lowest BCUT2D eigenvalue weighted by molar-refractivity contribution is -0.116. The zero-order valence-electron chi connectivity index (χ0n) is 11.1. The number of nitrogens with zero attached hydrogens (tertiary/aromatic N) is 1. The molecule has 0 spiro atoms. The van der Waals surface area contributed by atoms with Gasteiger partial charge in [0.2, 0.25) is 5.91 Å². The first-order valence-corrected chi connectivity index (χ1v) is 7.41. The second-order valence-corrected chi connectivity index (χ2v) is 6.13. The predicted octanol–water partition coefficient (Wildman–Crippen LogP) is 2.48. The fourth-order valence-corrected chi connectivity index (χ4v) is 3.18. The van der Waals surface area contributed by atoms with Crippen LogP contribution in [0.15, 0.2) is 0 Å². The number of aryl methyl sites for hydroxylation is 2. The highest BCUT2D eigenvalue weighted by Crippen LogP contribution is 2.24. The van der Waals surface area contributed by atoms with Gasteiger partial charge in [0.1, 0.15) is 5.00 Å². The van der Waals surface area contributed by atoms with E-state index in [4.69, 9.17) is 0 Å². The molecule has 18 heavy (non-hydrogen) atoms. The van der Waals surface area contributed by atoms with E-state index in [2.05, 4.69) is 15.6 Å². The first-order chi connectivity index (χ1) is 8.65. The molecule has 0 aliphatic carbocycles. The number of rotatable bonds is 4. The van der Waals surface area contributed by atoms with E-state index in [1.54, 1.807) is 11.3 Å². The van der Waals surface area contributed by atoms with E-state index in [1.807, 2.05) is 13.8 Å². The van der Waals surface area contributed by atoms with Gasteiger partial charge in [0.15, 0.2) is 0 Å². The molecular weight excluding hydrogens is 246 g/mol. The number of piperidine rings is 1. The van der Waals surface area contributed by atoms with Crippen LogP contribution in [0.3, 0.4) is 0 Å². The van der Waals surface area contributed by atoms with Crippen molar-refractivity contribution >= 4 is 22.2 Å². The van der Waals surface area contributed by atoms with Crippen molar-refractivity contribution in [2.75, 3.05) is 18.4 Å². The maximum Gasteiger partial charge on any atom is 0.225 e. The molecule has 1 saturated heterocycles. The highest BCUT2D eigenvalue weighted by molar-refractivity contribution is 7.16. The van der Waals surface area contributed by atoms with E-state index in [9.17, 15) is 4.79 Å². The number of thiazole rings is 1. The molecular formula is C13H21N3OS. The molecule has 0 atom stereocenters. The van der Waals surface area contributed by atoms with Crippen LogP contribution in [0.25, 0.3) is 0 Å². The number of anilines is 1. The fourth-order valence-electron chi connectivity index (χ4n) is 2.34. The largest absolute Gasteiger partial charge is 0.317 e. The molecule has 0 bridgehead atoms. The summed E-state index contributed by atoms with van der Waals surface area (Å²) < 4.78 is 0. The van der Waals surface area contributed by atoms with Crippen LogP contribution in [0.4, 0.5) is 5.00 Å². The third-order valence-electron chi connectivity index (χ3n) is 3.39. The number of hydrogen-bond donors (Lipinski definition) is 2. The Morgan fingerprint density at radius 3 is 2.78 bits per heavy atom. The first kappa shape index (κ1) is 13.5. The van der Waals surface area contributed by atoms with Crippen molar-refractivity contribution in [3.63, 3.8) is 0 Å². The van der Waals surface area contributed by atoms with Crippen molar-refractivity contribution in [3.8, 4) is 0 Å². The molecule has 1 aliphatic rings. The zero-order valence-corrected chi connectivity index (χ0v) is 11.9. The van der Waals surface area contributed by atoms with Crippen LogP contribution in [0.2, 0.25) is 0 Å². The Bertz CT molecular complexity index is 410. The summed E-state index contributed by atoms with van der Waals surface area (Å²) in [4.78, 5) is 16.2. The summed E-state index contributed by atoms with van der Waals surface area (Å²) in [7, 11) is 0. The number of aromatic nitrogens is 1. The topological polar surface area (TPSA) is 54.0 Å². The van der Waals surface area contributed by atoms with Crippen LogP contribution in [0, 0.1) is 19.8 Å². The van der Waals surface area contributed by atoms with Crippen LogP contribution in [0.5, 0.6) is 0 Å². The highest BCUT2D eigenvalue weighted by Gasteiger charge is 2.15. The SMILES string of the molecule is Cc1nc(C)c(NC(=O)CCC2CCNCC2)s1. The van der Waals surface area contributed by atoms with Gasteiger partial charge in [0.05, 0.1) is 10.7 Å². The van der Waals surface area contributed by atoms with Crippen molar-refractivity contribution in [1.29, 1.82) is 0 Å². The first-order valence-electron chi connectivity index (χ1n) is 6.59. The molecule has 2 heterocycles. The summed E-state index contributed by atoms with van der Waals surface area (Å²) in [6.45, 7) is 6.09. The lowest BCUT2D eigenvalue weighted by atomic mass is 9.93. The number of amides is 1. The monoisotopic (exact) mass is 267 g/mol. The van der Waals surface area contributed by atoms with Gasteiger partial charge in [-0.1, -0.05) is 0 Å². The summed E-state index contributed by atoms with van der Waals surface area (Å²) >= 11 is 1.55. The van der Waals surface area contributed by atoms with Crippen molar-refractivity contribution < 1.29 is 4.79 Å². The average Bonchev–Trinajstić information content (AvgIpc) is 2.67. The summed E-state index contributed by atoms with van der Waals surface area (Å²) in [5.74, 6) is 0.835. The molecule has 1 aromatic heterocycles. The standard InChI is InChI=1S/C13H21N3OS/c1-9-13(18-10(2)15-9)16-12(17)4-3-11-5-7-14-8-6-11/h11,14H,3-8H2,1-2H3,(H,16,17). The van der Waals surface area contributed by atoms with E-state index >= 15 is 0 Å². The van der Waals surface area contributed by atoms with E-state index in [-0.39, 0.29) is 5.91 Å². The van der Waals surface area contributed by atoms with Crippen LogP contribution < -0.4 is 10.6 Å². The molecule has 1 fully saturated rings. The Kier molecular flexibility index (Phi) is 4.72. The normalized spacial score (nSPS) is 16.8. The number of carbonyl (C=O) groups excluding carboxylic acids is 1. The van der Waals surface area contributed by atoms with Gasteiger partial charge < -0.3 is 10.6 Å². The molecule has 100 valence electrons. The molecule has 0 saturated carbocycles. The molecule has 0 unspecified atom stereocenters. The smallest absolute Gasteiger partial charge is 0.225 e. The van der Waals surface area contributed by atoms with Crippen molar-refractivity contribution in [3.05, 3.63) is 10.7 Å². The van der Waals surface area contributed by atoms with Crippen LogP contribution in [0.1, 0.15) is 36.4 Å². The average molecular weight is 267 g/mol. The van der Waals surface area contributed by atoms with E-state index in [0.717, 1.165) is 35.2 Å². The number of hydrogen-bond acceptors (Lipinski definition) is 4. The van der Waals surface area contributed by atoms with E-state index < -0.39 is 0 Å². The molecule has 5 heteroatoms. The van der Waals surface area contributed by atoms with Gasteiger partial charge in [-0.3, -0.25) is 4.79 Å². The number of nitrogens with one attached hydrogen (secondary N) is 2. The Labute approximate surface area is 112 Å². The Hall–Kier alpha value is -0.940. The van der Waals surface area contributed by atoms with Crippen LogP contribution in [-0.4, -0.2) is 24.0 Å². The summed E-state index contributed by atoms with van der Waals surface area (Å²) in [5, 5.41) is 8.22. The predicted molar refractivity (Wildman–Crippen MR) is 75.0 cm³/mol. The van der Waals surface area contributed by atoms with Crippen molar-refractivity contribution in [2.45, 2.75) is 39.5 Å². The lowest BCUT2D eigenvalue weighted by Gasteiger charge is -2.22. The van der Waals surface area contributed by atoms with E-state index in [1.165, 1.54) is 12.8 Å². The Morgan fingerprint density at radius 1 is 1.44 bits per heavy atom.